The van der Waals surface area contributed by atoms with E-state index in [9.17, 15) is 5.11 Å². The molecule has 0 radical (unpaired) electrons. The van der Waals surface area contributed by atoms with Crippen LogP contribution in [0.3, 0.4) is 0 Å². The van der Waals surface area contributed by atoms with E-state index in [-0.39, 0.29) is 6.61 Å². The van der Waals surface area contributed by atoms with Crippen molar-refractivity contribution in [3.63, 3.8) is 0 Å². The van der Waals surface area contributed by atoms with Crippen molar-refractivity contribution in [1.82, 2.24) is 0 Å². The molecular formula is C7H16O5. The van der Waals surface area contributed by atoms with Crippen molar-refractivity contribution in [2.24, 2.45) is 5.92 Å². The molecule has 0 rings (SSSR count). The van der Waals surface area contributed by atoms with Gasteiger partial charge in [-0.15, -0.1) is 0 Å². The third-order valence-electron chi connectivity index (χ3n) is 1.80. The van der Waals surface area contributed by atoms with Gasteiger partial charge >= 0.3 is 0 Å². The third kappa shape index (κ3) is 3.04. The molecule has 0 aliphatic carbocycles. The summed E-state index contributed by atoms with van der Waals surface area (Å²) in [5, 5.41) is 44.2. The topological polar surface area (TPSA) is 101 Å². The molecule has 0 spiro atoms. The Morgan fingerprint density at radius 3 is 1.75 bits per heavy atom. The third-order valence-corrected chi connectivity index (χ3v) is 1.80. The molecule has 4 atom stereocenters. The van der Waals surface area contributed by atoms with Gasteiger partial charge in [0.05, 0.1) is 12.7 Å². The fourth-order valence-corrected chi connectivity index (χ4v) is 0.780. The molecule has 0 saturated heterocycles. The SMILES string of the molecule is CC(CO)C(O)C(O)C(O)CO. The standard InChI is InChI=1S/C7H16O5/c1-4(2-8)6(11)7(12)5(10)3-9/h4-12H,2-3H2,1H3. The molecule has 12 heavy (non-hydrogen) atoms. The highest BCUT2D eigenvalue weighted by atomic mass is 16.4. The second-order valence-corrected chi connectivity index (χ2v) is 2.89. The Kier molecular flexibility index (Phi) is 5.36. The van der Waals surface area contributed by atoms with Crippen molar-refractivity contribution in [1.29, 1.82) is 0 Å². The van der Waals surface area contributed by atoms with Crippen LogP contribution in [0.15, 0.2) is 0 Å². The minimum Gasteiger partial charge on any atom is -0.396 e. The van der Waals surface area contributed by atoms with E-state index in [1.807, 2.05) is 0 Å². The number of aliphatic hydroxyl groups is 5. The Labute approximate surface area is 70.9 Å². The summed E-state index contributed by atoms with van der Waals surface area (Å²) < 4.78 is 0. The van der Waals surface area contributed by atoms with Gasteiger partial charge in [-0.25, -0.2) is 0 Å². The zero-order valence-corrected chi connectivity index (χ0v) is 6.96. The maximum absolute atomic E-state index is 9.21. The first kappa shape index (κ1) is 11.8. The van der Waals surface area contributed by atoms with Crippen molar-refractivity contribution in [2.45, 2.75) is 25.2 Å². The van der Waals surface area contributed by atoms with Crippen LogP contribution in [-0.4, -0.2) is 57.1 Å². The molecule has 0 aromatic rings. The van der Waals surface area contributed by atoms with E-state index in [1.165, 1.54) is 6.92 Å². The number of aliphatic hydroxyl groups excluding tert-OH is 5. The summed E-state index contributed by atoms with van der Waals surface area (Å²) in [5.74, 6) is -0.527. The first-order valence-corrected chi connectivity index (χ1v) is 3.80. The largest absolute Gasteiger partial charge is 0.396 e. The molecule has 0 bridgehead atoms. The van der Waals surface area contributed by atoms with Crippen LogP contribution in [0, 0.1) is 5.92 Å². The lowest BCUT2D eigenvalue weighted by Crippen LogP contribution is -2.43. The van der Waals surface area contributed by atoms with Crippen LogP contribution in [0.5, 0.6) is 0 Å². The molecule has 0 aromatic carbocycles. The van der Waals surface area contributed by atoms with E-state index in [0.29, 0.717) is 0 Å². The summed E-state index contributed by atoms with van der Waals surface area (Å²) in [6.07, 6.45) is -4.01. The quantitative estimate of drug-likeness (QED) is 0.327. The molecule has 5 heteroatoms. The van der Waals surface area contributed by atoms with Crippen molar-refractivity contribution >= 4 is 0 Å². The Hall–Kier alpha value is -0.200. The van der Waals surface area contributed by atoms with Gasteiger partial charge in [-0.3, -0.25) is 0 Å². The van der Waals surface area contributed by atoms with Crippen LogP contribution in [0.4, 0.5) is 0 Å². The summed E-state index contributed by atoms with van der Waals surface area (Å²) in [7, 11) is 0. The van der Waals surface area contributed by atoms with Gasteiger partial charge in [0.2, 0.25) is 0 Å². The van der Waals surface area contributed by atoms with Gasteiger partial charge < -0.3 is 25.5 Å². The van der Waals surface area contributed by atoms with E-state index < -0.39 is 30.8 Å². The average Bonchev–Trinajstić information content (AvgIpc) is 2.12. The second kappa shape index (κ2) is 5.45. The number of hydrogen-bond acceptors (Lipinski definition) is 5. The predicted molar refractivity (Wildman–Crippen MR) is 41.4 cm³/mol. The molecule has 0 aliphatic rings. The van der Waals surface area contributed by atoms with Crippen LogP contribution in [0.2, 0.25) is 0 Å². The normalized spacial score (nSPS) is 21.5. The fourth-order valence-electron chi connectivity index (χ4n) is 0.780. The number of hydrogen-bond donors (Lipinski definition) is 5. The average molecular weight is 180 g/mol. The molecule has 4 unspecified atom stereocenters. The molecular weight excluding hydrogens is 164 g/mol. The van der Waals surface area contributed by atoms with Crippen LogP contribution in [-0.2, 0) is 0 Å². The van der Waals surface area contributed by atoms with Gasteiger partial charge in [0.1, 0.15) is 12.2 Å². The minimum absolute atomic E-state index is 0.281. The molecule has 0 heterocycles. The van der Waals surface area contributed by atoms with Gasteiger partial charge in [-0.1, -0.05) is 6.92 Å². The molecule has 0 saturated carbocycles. The highest BCUT2D eigenvalue weighted by Crippen LogP contribution is 2.09. The van der Waals surface area contributed by atoms with Crippen LogP contribution in [0.1, 0.15) is 6.92 Å². The van der Waals surface area contributed by atoms with Gasteiger partial charge in [-0.05, 0) is 0 Å². The lowest BCUT2D eigenvalue weighted by molar-refractivity contribution is -0.0978. The molecule has 0 aliphatic heterocycles. The van der Waals surface area contributed by atoms with Gasteiger partial charge in [0.15, 0.2) is 0 Å². The molecule has 5 N–H and O–H groups in total. The molecule has 74 valence electrons. The summed E-state index contributed by atoms with van der Waals surface area (Å²) in [6.45, 7) is 0.630. The summed E-state index contributed by atoms with van der Waals surface area (Å²) in [6, 6.07) is 0. The molecule has 0 fully saturated rings. The van der Waals surface area contributed by atoms with Crippen molar-refractivity contribution in [2.75, 3.05) is 13.2 Å². The molecule has 0 aromatic heterocycles. The fraction of sp³-hybridized carbons (Fsp3) is 1.00. The van der Waals surface area contributed by atoms with E-state index in [2.05, 4.69) is 0 Å². The van der Waals surface area contributed by atoms with Crippen LogP contribution in [0.25, 0.3) is 0 Å². The first-order chi connectivity index (χ1) is 5.54. The van der Waals surface area contributed by atoms with E-state index in [4.69, 9.17) is 20.4 Å². The zero-order valence-electron chi connectivity index (χ0n) is 6.96. The van der Waals surface area contributed by atoms with Gasteiger partial charge in [0, 0.05) is 12.5 Å². The molecule has 0 amide bonds. The van der Waals surface area contributed by atoms with Crippen LogP contribution < -0.4 is 0 Å². The highest BCUT2D eigenvalue weighted by molar-refractivity contribution is 4.78. The van der Waals surface area contributed by atoms with E-state index in [0.717, 1.165) is 0 Å². The maximum Gasteiger partial charge on any atom is 0.108 e. The van der Waals surface area contributed by atoms with Gasteiger partial charge in [-0.2, -0.15) is 0 Å². The van der Waals surface area contributed by atoms with E-state index in [1.54, 1.807) is 0 Å². The van der Waals surface area contributed by atoms with Crippen molar-refractivity contribution in [3.8, 4) is 0 Å². The predicted octanol–water partition coefficient (Wildman–Crippen LogP) is -2.31. The lowest BCUT2D eigenvalue weighted by atomic mass is 9.97. The van der Waals surface area contributed by atoms with Crippen molar-refractivity contribution in [3.05, 3.63) is 0 Å². The Morgan fingerprint density at radius 2 is 1.42 bits per heavy atom. The summed E-state index contributed by atoms with van der Waals surface area (Å²) in [4.78, 5) is 0. The van der Waals surface area contributed by atoms with E-state index >= 15 is 0 Å². The molecule has 5 nitrogen and oxygen atoms in total. The monoisotopic (exact) mass is 180 g/mol. The van der Waals surface area contributed by atoms with Crippen LogP contribution >= 0.6 is 0 Å². The summed E-state index contributed by atoms with van der Waals surface area (Å²) >= 11 is 0. The zero-order chi connectivity index (χ0) is 9.72. The maximum atomic E-state index is 9.21. The summed E-state index contributed by atoms with van der Waals surface area (Å²) in [5.41, 5.74) is 0. The van der Waals surface area contributed by atoms with Gasteiger partial charge in [0.25, 0.3) is 0 Å². The first-order valence-electron chi connectivity index (χ1n) is 3.80. The lowest BCUT2D eigenvalue weighted by Gasteiger charge is -2.25. The highest BCUT2D eigenvalue weighted by Gasteiger charge is 2.27. The van der Waals surface area contributed by atoms with Crippen molar-refractivity contribution < 1.29 is 25.5 Å². The smallest absolute Gasteiger partial charge is 0.108 e. The Balaban J connectivity index is 3.99. The second-order valence-electron chi connectivity index (χ2n) is 2.89. The minimum atomic E-state index is -1.42. The Morgan fingerprint density at radius 1 is 0.917 bits per heavy atom. The Bertz CT molecular complexity index is 104. The number of rotatable bonds is 5.